The van der Waals surface area contributed by atoms with E-state index in [4.69, 9.17) is 4.74 Å². The van der Waals surface area contributed by atoms with Crippen molar-refractivity contribution >= 4 is 23.2 Å². The van der Waals surface area contributed by atoms with Crippen LogP contribution in [0, 0.1) is 5.82 Å². The fraction of sp³-hybridized carbons (Fsp3) is 0.462. The Labute approximate surface area is 200 Å². The van der Waals surface area contributed by atoms with Gasteiger partial charge in [-0.1, -0.05) is 39.0 Å². The van der Waals surface area contributed by atoms with Crippen LogP contribution in [0.3, 0.4) is 0 Å². The summed E-state index contributed by atoms with van der Waals surface area (Å²) in [5.74, 6) is 0.0278. The van der Waals surface area contributed by atoms with Crippen LogP contribution in [0.25, 0.3) is 0 Å². The van der Waals surface area contributed by atoms with Gasteiger partial charge in [-0.15, -0.1) is 0 Å². The van der Waals surface area contributed by atoms with Crippen molar-refractivity contribution in [3.63, 3.8) is 0 Å². The first kappa shape index (κ1) is 24.0. The van der Waals surface area contributed by atoms with Gasteiger partial charge in [-0.25, -0.2) is 4.39 Å². The zero-order valence-corrected chi connectivity index (χ0v) is 20.2. The number of amides is 2. The third-order valence-electron chi connectivity index (χ3n) is 6.53. The molecule has 4 rings (SSSR count). The van der Waals surface area contributed by atoms with Crippen LogP contribution in [0.2, 0.25) is 0 Å². The zero-order chi connectivity index (χ0) is 24.3. The Morgan fingerprint density at radius 3 is 2.56 bits per heavy atom. The van der Waals surface area contributed by atoms with Crippen molar-refractivity contribution in [1.29, 1.82) is 0 Å². The van der Waals surface area contributed by atoms with Crippen LogP contribution in [0.5, 0.6) is 5.75 Å². The highest BCUT2D eigenvalue weighted by Gasteiger charge is 2.29. The fourth-order valence-electron chi connectivity index (χ4n) is 4.44. The molecule has 1 fully saturated rings. The molecule has 182 valence electrons. The minimum atomic E-state index is -0.219. The van der Waals surface area contributed by atoms with Gasteiger partial charge in [-0.2, -0.15) is 0 Å². The van der Waals surface area contributed by atoms with E-state index in [1.807, 2.05) is 30.3 Å². The van der Waals surface area contributed by atoms with E-state index < -0.39 is 0 Å². The Balaban J connectivity index is 1.27. The standard InChI is InChI=1S/C26H33FN4O3/c1-26(2,3)19-8-9-23-22(16-19)31(25(33)18-34-23)17-24(32)28-10-11-29-12-14-30(15-13-29)21-7-5-4-6-20(21)27/h4-9,16H,10-15,17-18H2,1-3H3,(H,28,32)/p+1. The fourth-order valence-corrected chi connectivity index (χ4v) is 4.44. The predicted molar refractivity (Wildman–Crippen MR) is 130 cm³/mol. The number of hydrogen-bond donors (Lipinski definition) is 2. The molecule has 0 unspecified atom stereocenters. The van der Waals surface area contributed by atoms with Gasteiger partial charge in [0.05, 0.1) is 50.6 Å². The number of benzene rings is 2. The summed E-state index contributed by atoms with van der Waals surface area (Å²) in [6.07, 6.45) is 0. The maximum atomic E-state index is 14.0. The van der Waals surface area contributed by atoms with E-state index in [1.165, 1.54) is 15.9 Å². The number of halogens is 1. The molecule has 8 heteroatoms. The van der Waals surface area contributed by atoms with Crippen LogP contribution < -0.4 is 24.8 Å². The number of carbonyl (C=O) groups excluding carboxylic acids is 2. The van der Waals surface area contributed by atoms with Crippen LogP contribution in [0.15, 0.2) is 42.5 Å². The number of para-hydroxylation sites is 1. The second-order valence-electron chi connectivity index (χ2n) is 9.99. The van der Waals surface area contributed by atoms with Crippen molar-refractivity contribution in [2.24, 2.45) is 0 Å². The number of ether oxygens (including phenoxy) is 1. The molecule has 2 N–H and O–H groups in total. The van der Waals surface area contributed by atoms with Gasteiger partial charge in [-0.3, -0.25) is 14.5 Å². The first-order valence-corrected chi connectivity index (χ1v) is 11.9. The lowest BCUT2D eigenvalue weighted by atomic mass is 9.86. The van der Waals surface area contributed by atoms with Crippen LogP contribution >= 0.6 is 0 Å². The van der Waals surface area contributed by atoms with Gasteiger partial charge in [0.25, 0.3) is 5.91 Å². The van der Waals surface area contributed by atoms with Crippen molar-refractivity contribution in [1.82, 2.24) is 5.32 Å². The van der Waals surface area contributed by atoms with Crippen molar-refractivity contribution in [2.45, 2.75) is 26.2 Å². The number of quaternary nitrogens is 1. The lowest BCUT2D eigenvalue weighted by molar-refractivity contribution is -0.899. The van der Waals surface area contributed by atoms with Crippen LogP contribution in [0.4, 0.5) is 15.8 Å². The highest BCUT2D eigenvalue weighted by atomic mass is 19.1. The topological polar surface area (TPSA) is 66.3 Å². The summed E-state index contributed by atoms with van der Waals surface area (Å²) in [7, 11) is 0. The summed E-state index contributed by atoms with van der Waals surface area (Å²) in [6.45, 7) is 10.9. The Bertz CT molecular complexity index is 1040. The van der Waals surface area contributed by atoms with Crippen LogP contribution in [-0.2, 0) is 15.0 Å². The van der Waals surface area contributed by atoms with Crippen molar-refractivity contribution in [2.75, 3.05) is 62.2 Å². The van der Waals surface area contributed by atoms with Gasteiger partial charge in [0.2, 0.25) is 5.91 Å². The molecule has 0 bridgehead atoms. The van der Waals surface area contributed by atoms with E-state index in [9.17, 15) is 14.0 Å². The molecule has 2 aromatic carbocycles. The summed E-state index contributed by atoms with van der Waals surface area (Å²) >= 11 is 0. The molecule has 2 aliphatic rings. The first-order chi connectivity index (χ1) is 16.2. The smallest absolute Gasteiger partial charge is 0.265 e. The molecule has 0 radical (unpaired) electrons. The van der Waals surface area contributed by atoms with Crippen molar-refractivity contribution in [3.8, 4) is 5.75 Å². The van der Waals surface area contributed by atoms with E-state index >= 15 is 0 Å². The lowest BCUT2D eigenvalue weighted by Gasteiger charge is -2.34. The Morgan fingerprint density at radius 2 is 1.85 bits per heavy atom. The highest BCUT2D eigenvalue weighted by Crippen LogP contribution is 2.36. The third-order valence-corrected chi connectivity index (χ3v) is 6.53. The van der Waals surface area contributed by atoms with Crippen LogP contribution in [0.1, 0.15) is 26.3 Å². The molecule has 34 heavy (non-hydrogen) atoms. The lowest BCUT2D eigenvalue weighted by Crippen LogP contribution is -3.15. The summed E-state index contributed by atoms with van der Waals surface area (Å²) in [6, 6.07) is 12.7. The largest absolute Gasteiger partial charge is 0.482 e. The number of hydrogen-bond acceptors (Lipinski definition) is 4. The quantitative estimate of drug-likeness (QED) is 0.671. The molecule has 0 atom stereocenters. The van der Waals surface area contributed by atoms with E-state index in [0.717, 1.165) is 38.3 Å². The van der Waals surface area contributed by atoms with E-state index in [1.54, 1.807) is 6.07 Å². The first-order valence-electron chi connectivity index (χ1n) is 11.9. The Hall–Kier alpha value is -3.13. The van der Waals surface area contributed by atoms with Gasteiger partial charge in [0.15, 0.2) is 6.61 Å². The molecule has 2 aliphatic heterocycles. The number of fused-ring (bicyclic) bond motifs is 1. The highest BCUT2D eigenvalue weighted by molar-refractivity contribution is 6.02. The average molecular weight is 470 g/mol. The monoisotopic (exact) mass is 469 g/mol. The van der Waals surface area contributed by atoms with Gasteiger partial charge in [0.1, 0.15) is 18.1 Å². The van der Waals surface area contributed by atoms with E-state index in [2.05, 4.69) is 31.0 Å². The van der Waals surface area contributed by atoms with Gasteiger partial charge in [-0.05, 0) is 35.2 Å². The molecule has 7 nitrogen and oxygen atoms in total. The minimum Gasteiger partial charge on any atom is -0.482 e. The molecule has 0 aromatic heterocycles. The number of carbonyl (C=O) groups is 2. The predicted octanol–water partition coefficient (Wildman–Crippen LogP) is 1.37. The Kier molecular flexibility index (Phi) is 7.07. The molecule has 2 aromatic rings. The summed E-state index contributed by atoms with van der Waals surface area (Å²) in [5, 5.41) is 2.96. The number of nitrogens with zero attached hydrogens (tertiary/aromatic N) is 2. The van der Waals surface area contributed by atoms with Gasteiger partial charge in [0, 0.05) is 0 Å². The average Bonchev–Trinajstić information content (AvgIpc) is 2.81. The van der Waals surface area contributed by atoms with Gasteiger partial charge < -0.3 is 19.9 Å². The normalized spacial score (nSPS) is 16.8. The van der Waals surface area contributed by atoms with Gasteiger partial charge >= 0.3 is 0 Å². The van der Waals surface area contributed by atoms with Crippen molar-refractivity contribution < 1.29 is 23.6 Å². The summed E-state index contributed by atoms with van der Waals surface area (Å²) in [5.41, 5.74) is 2.30. The van der Waals surface area contributed by atoms with Crippen LogP contribution in [-0.4, -0.2) is 64.2 Å². The molecular weight excluding hydrogens is 435 g/mol. The molecule has 0 aliphatic carbocycles. The summed E-state index contributed by atoms with van der Waals surface area (Å²) < 4.78 is 19.6. The zero-order valence-electron chi connectivity index (χ0n) is 20.2. The molecular formula is C26H34FN4O3+. The van der Waals surface area contributed by atoms with E-state index in [-0.39, 0.29) is 36.2 Å². The maximum absolute atomic E-state index is 14.0. The number of rotatable bonds is 6. The molecule has 0 spiro atoms. The maximum Gasteiger partial charge on any atom is 0.265 e. The third kappa shape index (κ3) is 5.50. The molecule has 0 saturated carbocycles. The summed E-state index contributed by atoms with van der Waals surface area (Å²) in [4.78, 5) is 30.2. The number of nitrogens with one attached hydrogen (secondary N) is 2. The second-order valence-corrected chi connectivity index (χ2v) is 9.99. The Morgan fingerprint density at radius 1 is 1.12 bits per heavy atom. The number of piperazine rings is 1. The SMILES string of the molecule is CC(C)(C)c1ccc2c(c1)N(CC(=O)NCC[NH+]1CCN(c3ccccc3F)CC1)C(=O)CO2. The molecule has 2 amide bonds. The molecule has 2 heterocycles. The van der Waals surface area contributed by atoms with E-state index in [0.29, 0.717) is 23.7 Å². The van der Waals surface area contributed by atoms with Crippen molar-refractivity contribution in [3.05, 3.63) is 53.8 Å². The minimum absolute atomic E-state index is 0.0286. The number of anilines is 2. The molecule has 1 saturated heterocycles. The second kappa shape index (κ2) is 10.0.